The van der Waals surface area contributed by atoms with E-state index in [0.29, 0.717) is 0 Å². The SMILES string of the molecule is C=CCCCCCCCCCCCCCCCCCNCCCC. The lowest BCUT2D eigenvalue weighted by Gasteiger charge is -2.04. The van der Waals surface area contributed by atoms with Gasteiger partial charge in [-0.2, -0.15) is 0 Å². The van der Waals surface area contributed by atoms with E-state index in [0.717, 1.165) is 0 Å². The normalized spacial score (nSPS) is 11.0. The van der Waals surface area contributed by atoms with E-state index in [1.54, 1.807) is 0 Å². The van der Waals surface area contributed by atoms with Crippen LogP contribution in [-0.4, -0.2) is 13.1 Å². The van der Waals surface area contributed by atoms with Crippen LogP contribution in [0, 0.1) is 0 Å². The average Bonchev–Trinajstić information content (AvgIpc) is 2.60. The molecule has 144 valence electrons. The molecule has 0 aliphatic heterocycles. The van der Waals surface area contributed by atoms with Crippen molar-refractivity contribution in [1.29, 1.82) is 0 Å². The number of hydrogen-bond donors (Lipinski definition) is 1. The smallest absolute Gasteiger partial charge is 0.00489 e. The summed E-state index contributed by atoms with van der Waals surface area (Å²) < 4.78 is 0. The van der Waals surface area contributed by atoms with Crippen molar-refractivity contribution in [3.05, 3.63) is 12.7 Å². The zero-order valence-corrected chi connectivity index (χ0v) is 16.9. The third-order valence-corrected chi connectivity index (χ3v) is 4.97. The molecule has 0 aliphatic rings. The number of unbranched alkanes of at least 4 members (excludes halogenated alkanes) is 16. The molecule has 0 aliphatic carbocycles. The lowest BCUT2D eigenvalue weighted by Crippen LogP contribution is -2.16. The lowest BCUT2D eigenvalue weighted by atomic mass is 10.0. The van der Waals surface area contributed by atoms with Gasteiger partial charge in [0.25, 0.3) is 0 Å². The molecule has 0 fully saturated rings. The second-order valence-corrected chi connectivity index (χ2v) is 7.48. The molecule has 0 unspecified atom stereocenters. The summed E-state index contributed by atoms with van der Waals surface area (Å²) in [6, 6.07) is 0. The highest BCUT2D eigenvalue weighted by Gasteiger charge is 1.94. The van der Waals surface area contributed by atoms with Gasteiger partial charge in [0, 0.05) is 0 Å². The van der Waals surface area contributed by atoms with Crippen LogP contribution in [0.1, 0.15) is 122 Å². The van der Waals surface area contributed by atoms with Gasteiger partial charge in [0.05, 0.1) is 0 Å². The van der Waals surface area contributed by atoms with Crippen LogP contribution in [0.3, 0.4) is 0 Å². The molecule has 0 heterocycles. The lowest BCUT2D eigenvalue weighted by molar-refractivity contribution is 0.525. The van der Waals surface area contributed by atoms with Gasteiger partial charge in [-0.3, -0.25) is 0 Å². The predicted molar refractivity (Wildman–Crippen MR) is 112 cm³/mol. The minimum atomic E-state index is 1.20. The van der Waals surface area contributed by atoms with Crippen LogP contribution in [0.5, 0.6) is 0 Å². The van der Waals surface area contributed by atoms with E-state index in [1.165, 1.54) is 129 Å². The van der Waals surface area contributed by atoms with Crippen molar-refractivity contribution in [3.8, 4) is 0 Å². The van der Waals surface area contributed by atoms with Gasteiger partial charge in [0.1, 0.15) is 0 Å². The van der Waals surface area contributed by atoms with E-state index in [-0.39, 0.29) is 0 Å². The van der Waals surface area contributed by atoms with Gasteiger partial charge in [0.2, 0.25) is 0 Å². The van der Waals surface area contributed by atoms with Gasteiger partial charge in [-0.05, 0) is 38.8 Å². The van der Waals surface area contributed by atoms with Gasteiger partial charge in [-0.25, -0.2) is 0 Å². The molecule has 0 rings (SSSR count). The van der Waals surface area contributed by atoms with E-state index >= 15 is 0 Å². The van der Waals surface area contributed by atoms with Crippen molar-refractivity contribution in [2.75, 3.05) is 13.1 Å². The standard InChI is InChI=1S/C23H47N/c1-3-5-7-8-9-10-11-12-13-14-15-16-17-18-19-20-21-23-24-22-6-4-2/h3,24H,1,4-23H2,2H3. The van der Waals surface area contributed by atoms with Crippen molar-refractivity contribution >= 4 is 0 Å². The fourth-order valence-electron chi connectivity index (χ4n) is 3.26. The first-order chi connectivity index (χ1) is 11.9. The number of rotatable bonds is 21. The Morgan fingerprint density at radius 1 is 0.542 bits per heavy atom. The molecule has 0 saturated carbocycles. The molecule has 0 radical (unpaired) electrons. The largest absolute Gasteiger partial charge is 0.317 e. The van der Waals surface area contributed by atoms with E-state index in [2.05, 4.69) is 18.8 Å². The molecule has 0 amide bonds. The summed E-state index contributed by atoms with van der Waals surface area (Å²) in [6.07, 6.45) is 27.5. The maximum Gasteiger partial charge on any atom is -0.00489 e. The van der Waals surface area contributed by atoms with Gasteiger partial charge in [-0.1, -0.05) is 103 Å². The highest BCUT2D eigenvalue weighted by atomic mass is 14.8. The Kier molecular flexibility index (Phi) is 22.4. The van der Waals surface area contributed by atoms with Crippen molar-refractivity contribution < 1.29 is 0 Å². The first kappa shape index (κ1) is 23.7. The second-order valence-electron chi connectivity index (χ2n) is 7.48. The maximum absolute atomic E-state index is 3.78. The van der Waals surface area contributed by atoms with Crippen LogP contribution >= 0.6 is 0 Å². The third kappa shape index (κ3) is 21.7. The number of hydrogen-bond acceptors (Lipinski definition) is 1. The minimum Gasteiger partial charge on any atom is -0.317 e. The molecule has 0 aromatic carbocycles. The first-order valence-corrected chi connectivity index (χ1v) is 11.2. The topological polar surface area (TPSA) is 12.0 Å². The molecule has 0 spiro atoms. The highest BCUT2D eigenvalue weighted by molar-refractivity contribution is 4.65. The van der Waals surface area contributed by atoms with Gasteiger partial charge >= 0.3 is 0 Å². The first-order valence-electron chi connectivity index (χ1n) is 11.2. The fourth-order valence-corrected chi connectivity index (χ4v) is 3.26. The zero-order valence-electron chi connectivity index (χ0n) is 16.9. The monoisotopic (exact) mass is 337 g/mol. The molecule has 0 atom stereocenters. The van der Waals surface area contributed by atoms with Crippen LogP contribution in [-0.2, 0) is 0 Å². The van der Waals surface area contributed by atoms with E-state index in [4.69, 9.17) is 0 Å². The van der Waals surface area contributed by atoms with Crippen LogP contribution in [0.2, 0.25) is 0 Å². The molecular formula is C23H47N. The van der Waals surface area contributed by atoms with Gasteiger partial charge in [0.15, 0.2) is 0 Å². The summed E-state index contributed by atoms with van der Waals surface area (Å²) in [5, 5.41) is 3.53. The molecule has 0 bridgehead atoms. The molecule has 0 saturated heterocycles. The summed E-state index contributed by atoms with van der Waals surface area (Å²) in [5.41, 5.74) is 0. The van der Waals surface area contributed by atoms with Crippen LogP contribution < -0.4 is 5.32 Å². The quantitative estimate of drug-likeness (QED) is 0.166. The Labute approximate surface area is 154 Å². The van der Waals surface area contributed by atoms with Gasteiger partial charge in [-0.15, -0.1) is 6.58 Å². The number of nitrogens with one attached hydrogen (secondary N) is 1. The Bertz CT molecular complexity index is 224. The zero-order chi connectivity index (χ0) is 17.6. The summed E-state index contributed by atoms with van der Waals surface area (Å²) >= 11 is 0. The Morgan fingerprint density at radius 2 is 0.917 bits per heavy atom. The third-order valence-electron chi connectivity index (χ3n) is 4.97. The molecule has 24 heavy (non-hydrogen) atoms. The van der Waals surface area contributed by atoms with E-state index in [9.17, 15) is 0 Å². The van der Waals surface area contributed by atoms with Crippen molar-refractivity contribution in [2.45, 2.75) is 122 Å². The Hall–Kier alpha value is -0.300. The molecule has 1 heteroatoms. The highest BCUT2D eigenvalue weighted by Crippen LogP contribution is 2.13. The molecule has 1 nitrogen and oxygen atoms in total. The average molecular weight is 338 g/mol. The molecule has 0 aromatic heterocycles. The summed E-state index contributed by atoms with van der Waals surface area (Å²) in [5.74, 6) is 0. The Morgan fingerprint density at radius 3 is 1.33 bits per heavy atom. The van der Waals surface area contributed by atoms with Crippen LogP contribution in [0.4, 0.5) is 0 Å². The van der Waals surface area contributed by atoms with Gasteiger partial charge < -0.3 is 5.32 Å². The van der Waals surface area contributed by atoms with E-state index < -0.39 is 0 Å². The molecule has 0 aromatic rings. The summed E-state index contributed by atoms with van der Waals surface area (Å²) in [7, 11) is 0. The predicted octanol–water partition coefficient (Wildman–Crippen LogP) is 7.80. The Balaban J connectivity index is 2.94. The second kappa shape index (κ2) is 22.7. The van der Waals surface area contributed by atoms with Crippen LogP contribution in [0.25, 0.3) is 0 Å². The maximum atomic E-state index is 3.78. The summed E-state index contributed by atoms with van der Waals surface area (Å²) in [6.45, 7) is 8.48. The van der Waals surface area contributed by atoms with Crippen molar-refractivity contribution in [3.63, 3.8) is 0 Å². The van der Waals surface area contributed by atoms with Crippen LogP contribution in [0.15, 0.2) is 12.7 Å². The minimum absolute atomic E-state index is 1.20. The molecule has 1 N–H and O–H groups in total. The summed E-state index contributed by atoms with van der Waals surface area (Å²) in [4.78, 5) is 0. The van der Waals surface area contributed by atoms with Crippen molar-refractivity contribution in [1.82, 2.24) is 5.32 Å². The van der Waals surface area contributed by atoms with E-state index in [1.807, 2.05) is 6.08 Å². The van der Waals surface area contributed by atoms with Crippen molar-refractivity contribution in [2.24, 2.45) is 0 Å². The fraction of sp³-hybridized carbons (Fsp3) is 0.913. The number of allylic oxidation sites excluding steroid dienone is 1. The molecular weight excluding hydrogens is 290 g/mol.